The molecule has 0 unspecified atom stereocenters. The van der Waals surface area contributed by atoms with Crippen molar-refractivity contribution in [2.24, 2.45) is 4.99 Å². The molecule has 3 rings (SSSR count). The largest absolute Gasteiger partial charge is 0.381 e. The summed E-state index contributed by atoms with van der Waals surface area (Å²) in [5, 5.41) is 6.90. The number of aliphatic imine (C=N–C) groups is 1. The molecule has 0 saturated carbocycles. The highest BCUT2D eigenvalue weighted by atomic mass is 79.9. The maximum absolute atomic E-state index is 5.64. The SMILES string of the molecule is CCNC(=NCc1ccccn1)NCC1(c2ccc(Br)cc2)CCOCC1. The fraction of sp³-hybridized carbons (Fsp3) is 0.429. The van der Waals surface area contributed by atoms with Crippen molar-refractivity contribution >= 4 is 21.9 Å². The molecule has 0 amide bonds. The van der Waals surface area contributed by atoms with Gasteiger partial charge in [0.2, 0.25) is 0 Å². The maximum atomic E-state index is 5.64. The van der Waals surface area contributed by atoms with Gasteiger partial charge in [0.25, 0.3) is 0 Å². The van der Waals surface area contributed by atoms with Gasteiger partial charge in [-0.3, -0.25) is 4.98 Å². The van der Waals surface area contributed by atoms with Gasteiger partial charge >= 0.3 is 0 Å². The van der Waals surface area contributed by atoms with Gasteiger partial charge in [0, 0.05) is 42.4 Å². The molecular weight excluding hydrogens is 404 g/mol. The molecule has 1 aromatic heterocycles. The number of hydrogen-bond acceptors (Lipinski definition) is 3. The Hall–Kier alpha value is -1.92. The van der Waals surface area contributed by atoms with Gasteiger partial charge in [-0.25, -0.2) is 4.99 Å². The summed E-state index contributed by atoms with van der Waals surface area (Å²) in [4.78, 5) is 9.05. The summed E-state index contributed by atoms with van der Waals surface area (Å²) in [5.74, 6) is 0.825. The molecule has 0 aliphatic carbocycles. The van der Waals surface area contributed by atoms with Crippen molar-refractivity contribution < 1.29 is 4.74 Å². The first kappa shape index (κ1) is 19.8. The Balaban J connectivity index is 1.73. The second-order valence-electron chi connectivity index (χ2n) is 6.77. The molecule has 0 spiro atoms. The monoisotopic (exact) mass is 430 g/mol. The van der Waals surface area contributed by atoms with Crippen molar-refractivity contribution in [2.45, 2.75) is 31.7 Å². The number of benzene rings is 1. The Morgan fingerprint density at radius 3 is 2.59 bits per heavy atom. The predicted molar refractivity (Wildman–Crippen MR) is 113 cm³/mol. The molecule has 1 saturated heterocycles. The average Bonchev–Trinajstić information content (AvgIpc) is 2.72. The molecule has 1 fully saturated rings. The van der Waals surface area contributed by atoms with Gasteiger partial charge in [0.1, 0.15) is 0 Å². The molecular formula is C21H27BrN4O. The van der Waals surface area contributed by atoms with E-state index in [2.05, 4.69) is 62.7 Å². The summed E-state index contributed by atoms with van der Waals surface area (Å²) in [6, 6.07) is 14.6. The quantitative estimate of drug-likeness (QED) is 0.542. The van der Waals surface area contributed by atoms with Gasteiger partial charge in [0.15, 0.2) is 5.96 Å². The van der Waals surface area contributed by atoms with Gasteiger partial charge in [-0.1, -0.05) is 34.1 Å². The maximum Gasteiger partial charge on any atom is 0.191 e. The molecule has 6 heteroatoms. The predicted octanol–water partition coefficient (Wildman–Crippen LogP) is 3.65. The van der Waals surface area contributed by atoms with Crippen molar-refractivity contribution in [3.8, 4) is 0 Å². The van der Waals surface area contributed by atoms with Crippen LogP contribution in [-0.4, -0.2) is 37.2 Å². The second-order valence-corrected chi connectivity index (χ2v) is 7.69. The molecule has 0 bridgehead atoms. The lowest BCUT2D eigenvalue weighted by atomic mass is 9.74. The van der Waals surface area contributed by atoms with Crippen molar-refractivity contribution in [1.29, 1.82) is 0 Å². The Morgan fingerprint density at radius 2 is 1.93 bits per heavy atom. The van der Waals surface area contributed by atoms with Gasteiger partial charge < -0.3 is 15.4 Å². The highest BCUT2D eigenvalue weighted by Gasteiger charge is 2.34. The normalized spacial score (nSPS) is 16.7. The number of halogens is 1. The van der Waals surface area contributed by atoms with Crippen LogP contribution >= 0.6 is 15.9 Å². The molecule has 0 radical (unpaired) electrons. The van der Waals surface area contributed by atoms with Gasteiger partial charge in [-0.2, -0.15) is 0 Å². The fourth-order valence-electron chi connectivity index (χ4n) is 3.38. The highest BCUT2D eigenvalue weighted by Crippen LogP contribution is 2.34. The zero-order chi connectivity index (χ0) is 19.0. The van der Waals surface area contributed by atoms with E-state index in [4.69, 9.17) is 9.73 Å². The molecule has 1 aliphatic heterocycles. The van der Waals surface area contributed by atoms with E-state index in [1.165, 1.54) is 5.56 Å². The Kier molecular flexibility index (Phi) is 7.24. The third kappa shape index (κ3) is 5.53. The zero-order valence-corrected chi connectivity index (χ0v) is 17.3. The van der Waals surface area contributed by atoms with Crippen molar-refractivity contribution in [1.82, 2.24) is 15.6 Å². The Labute approximate surface area is 169 Å². The van der Waals surface area contributed by atoms with E-state index in [0.717, 1.165) is 55.3 Å². The fourth-order valence-corrected chi connectivity index (χ4v) is 3.64. The third-order valence-electron chi connectivity index (χ3n) is 4.97. The molecule has 0 atom stereocenters. The third-order valence-corrected chi connectivity index (χ3v) is 5.50. The van der Waals surface area contributed by atoms with E-state index < -0.39 is 0 Å². The van der Waals surface area contributed by atoms with E-state index in [-0.39, 0.29) is 5.41 Å². The number of rotatable bonds is 6. The van der Waals surface area contributed by atoms with Gasteiger partial charge in [0.05, 0.1) is 12.2 Å². The number of ether oxygens (including phenoxy) is 1. The van der Waals surface area contributed by atoms with Crippen LogP contribution in [0.1, 0.15) is 31.0 Å². The number of nitrogens with one attached hydrogen (secondary N) is 2. The van der Waals surface area contributed by atoms with Gasteiger partial charge in [-0.15, -0.1) is 0 Å². The molecule has 2 aromatic rings. The van der Waals surface area contributed by atoms with Crippen LogP contribution in [0.2, 0.25) is 0 Å². The molecule has 1 aromatic carbocycles. The smallest absolute Gasteiger partial charge is 0.191 e. The minimum absolute atomic E-state index is 0.0557. The standard InChI is InChI=1S/C21H27BrN4O/c1-2-23-20(25-15-19-5-3-4-12-24-19)26-16-21(10-13-27-14-11-21)17-6-8-18(22)9-7-17/h3-9,12H,2,10-11,13-16H2,1H3,(H2,23,25,26). The summed E-state index contributed by atoms with van der Waals surface area (Å²) < 4.78 is 6.74. The van der Waals surface area contributed by atoms with E-state index in [1.54, 1.807) is 6.20 Å². The lowest BCUT2D eigenvalue weighted by molar-refractivity contribution is 0.0514. The number of nitrogens with zero attached hydrogens (tertiary/aromatic N) is 2. The van der Waals surface area contributed by atoms with Crippen LogP contribution < -0.4 is 10.6 Å². The van der Waals surface area contributed by atoms with Gasteiger partial charge in [-0.05, 0) is 49.6 Å². The average molecular weight is 431 g/mol. The van der Waals surface area contributed by atoms with Crippen molar-refractivity contribution in [2.75, 3.05) is 26.3 Å². The summed E-state index contributed by atoms with van der Waals surface area (Å²) >= 11 is 3.54. The topological polar surface area (TPSA) is 58.5 Å². The number of pyridine rings is 1. The number of hydrogen-bond donors (Lipinski definition) is 2. The lowest BCUT2D eigenvalue weighted by Crippen LogP contribution is -2.48. The number of guanidine groups is 1. The Morgan fingerprint density at radius 1 is 1.15 bits per heavy atom. The zero-order valence-electron chi connectivity index (χ0n) is 15.7. The summed E-state index contributed by atoms with van der Waals surface area (Å²) in [6.07, 6.45) is 3.80. The van der Waals surface area contributed by atoms with Crippen LogP contribution in [-0.2, 0) is 16.7 Å². The van der Waals surface area contributed by atoms with Crippen molar-refractivity contribution in [3.05, 3.63) is 64.4 Å². The molecule has 144 valence electrons. The van der Waals surface area contributed by atoms with Crippen LogP contribution in [0.4, 0.5) is 0 Å². The lowest BCUT2D eigenvalue weighted by Gasteiger charge is -2.38. The van der Waals surface area contributed by atoms with Crippen molar-refractivity contribution in [3.63, 3.8) is 0 Å². The summed E-state index contributed by atoms with van der Waals surface area (Å²) in [6.45, 7) is 5.87. The molecule has 2 N–H and O–H groups in total. The molecule has 27 heavy (non-hydrogen) atoms. The van der Waals surface area contributed by atoms with Crippen LogP contribution in [0.25, 0.3) is 0 Å². The van der Waals surface area contributed by atoms with E-state index in [9.17, 15) is 0 Å². The number of aromatic nitrogens is 1. The highest BCUT2D eigenvalue weighted by molar-refractivity contribution is 9.10. The summed E-state index contributed by atoms with van der Waals surface area (Å²) in [7, 11) is 0. The molecule has 2 heterocycles. The molecule has 5 nitrogen and oxygen atoms in total. The first-order valence-corrected chi connectivity index (χ1v) is 10.3. The minimum atomic E-state index is 0.0557. The van der Waals surface area contributed by atoms with E-state index in [0.29, 0.717) is 6.54 Å². The van der Waals surface area contributed by atoms with Crippen LogP contribution in [0.15, 0.2) is 58.1 Å². The van der Waals surface area contributed by atoms with Crippen LogP contribution in [0.3, 0.4) is 0 Å². The minimum Gasteiger partial charge on any atom is -0.381 e. The van der Waals surface area contributed by atoms with E-state index >= 15 is 0 Å². The van der Waals surface area contributed by atoms with Crippen LogP contribution in [0, 0.1) is 0 Å². The first-order chi connectivity index (χ1) is 13.2. The first-order valence-electron chi connectivity index (χ1n) is 9.48. The second kappa shape index (κ2) is 9.85. The van der Waals surface area contributed by atoms with E-state index in [1.807, 2.05) is 18.2 Å². The van der Waals surface area contributed by atoms with Crippen LogP contribution in [0.5, 0.6) is 0 Å². The Bertz CT molecular complexity index is 728. The summed E-state index contributed by atoms with van der Waals surface area (Å²) in [5.41, 5.74) is 2.37. The molecule has 1 aliphatic rings.